The number of rotatable bonds is 3. The van der Waals surface area contributed by atoms with Gasteiger partial charge in [0.2, 0.25) is 0 Å². The largest absolute Gasteiger partial charge is 0.364 e. The Morgan fingerprint density at radius 2 is 1.88 bits per heavy atom. The second kappa shape index (κ2) is 6.12. The molecular weight excluding hydrogens is 296 g/mol. The fourth-order valence-electron chi connectivity index (χ4n) is 4.11. The molecule has 0 atom stereocenters. The zero-order chi connectivity index (χ0) is 17.5. The van der Waals surface area contributed by atoms with Crippen LogP contribution in [0.25, 0.3) is 0 Å². The van der Waals surface area contributed by atoms with E-state index < -0.39 is 0 Å². The summed E-state index contributed by atoms with van der Waals surface area (Å²) >= 11 is 0. The fraction of sp³-hybridized carbons (Fsp3) is 0.476. The predicted molar refractivity (Wildman–Crippen MR) is 100 cm³/mol. The van der Waals surface area contributed by atoms with Crippen molar-refractivity contribution in [3.63, 3.8) is 0 Å². The fourth-order valence-corrected chi connectivity index (χ4v) is 4.11. The van der Waals surface area contributed by atoms with Gasteiger partial charge >= 0.3 is 0 Å². The molecule has 24 heavy (non-hydrogen) atoms. The maximum Gasteiger partial charge on any atom is 0.183 e. The summed E-state index contributed by atoms with van der Waals surface area (Å²) in [5.41, 5.74) is 5.67. The first-order valence-electron chi connectivity index (χ1n) is 8.84. The minimum atomic E-state index is -0.00950. The number of anilines is 1. The first-order valence-corrected chi connectivity index (χ1v) is 8.84. The first kappa shape index (κ1) is 16.8. The number of benzene rings is 1. The third kappa shape index (κ3) is 3.00. The van der Waals surface area contributed by atoms with Crippen LogP contribution >= 0.6 is 0 Å². The molecule has 1 aliphatic rings. The molecule has 0 radical (unpaired) electrons. The Kier molecular flexibility index (Phi) is 4.29. The monoisotopic (exact) mass is 324 g/mol. The van der Waals surface area contributed by atoms with Crippen LogP contribution in [-0.4, -0.2) is 23.4 Å². The lowest BCUT2D eigenvalue weighted by atomic mass is 10.0. The van der Waals surface area contributed by atoms with Crippen molar-refractivity contribution in [1.82, 2.24) is 4.57 Å². The molecule has 0 fully saturated rings. The number of nitrogens with zero attached hydrogens (tertiary/aromatic N) is 2. The molecule has 1 aliphatic heterocycles. The summed E-state index contributed by atoms with van der Waals surface area (Å²) in [5, 5.41) is 0. The highest BCUT2D eigenvalue weighted by atomic mass is 16.1. The van der Waals surface area contributed by atoms with Crippen LogP contribution in [0, 0.1) is 13.8 Å². The average Bonchev–Trinajstić information content (AvgIpc) is 2.82. The lowest BCUT2D eigenvalue weighted by Crippen LogP contribution is -2.34. The maximum absolute atomic E-state index is 13.0. The summed E-state index contributed by atoms with van der Waals surface area (Å²) in [6.45, 7) is 12.1. The minimum absolute atomic E-state index is 0.00950. The van der Waals surface area contributed by atoms with Gasteiger partial charge in [-0.05, 0) is 65.2 Å². The molecule has 0 bridgehead atoms. The van der Waals surface area contributed by atoms with Crippen molar-refractivity contribution in [3.05, 3.63) is 52.8 Å². The Bertz CT molecular complexity index is 765. The van der Waals surface area contributed by atoms with Gasteiger partial charge in [-0.15, -0.1) is 0 Å². The highest BCUT2D eigenvalue weighted by Gasteiger charge is 2.25. The topological polar surface area (TPSA) is 25.2 Å². The van der Waals surface area contributed by atoms with Crippen LogP contribution in [0.2, 0.25) is 0 Å². The molecule has 0 N–H and O–H groups in total. The molecule has 0 aliphatic carbocycles. The van der Waals surface area contributed by atoms with Crippen molar-refractivity contribution < 1.29 is 4.79 Å². The Labute approximate surface area is 145 Å². The van der Waals surface area contributed by atoms with Gasteiger partial charge in [0.25, 0.3) is 0 Å². The number of aryl methyl sites for hydroxylation is 2. The van der Waals surface area contributed by atoms with Gasteiger partial charge in [0.15, 0.2) is 5.78 Å². The van der Waals surface area contributed by atoms with Gasteiger partial charge in [-0.1, -0.05) is 18.2 Å². The van der Waals surface area contributed by atoms with Crippen molar-refractivity contribution >= 4 is 11.5 Å². The Balaban J connectivity index is 1.87. The van der Waals surface area contributed by atoms with Crippen LogP contribution in [-0.2, 0) is 12.0 Å². The number of para-hydroxylation sites is 1. The van der Waals surface area contributed by atoms with Crippen LogP contribution in [0.3, 0.4) is 0 Å². The average molecular weight is 324 g/mol. The van der Waals surface area contributed by atoms with Gasteiger partial charge in [0, 0.05) is 34.7 Å². The van der Waals surface area contributed by atoms with E-state index in [0.29, 0.717) is 6.54 Å². The van der Waals surface area contributed by atoms with Crippen molar-refractivity contribution in [3.8, 4) is 0 Å². The van der Waals surface area contributed by atoms with Crippen molar-refractivity contribution in [2.24, 2.45) is 0 Å². The van der Waals surface area contributed by atoms with Gasteiger partial charge in [-0.2, -0.15) is 0 Å². The summed E-state index contributed by atoms with van der Waals surface area (Å²) < 4.78 is 2.27. The second-order valence-electron chi connectivity index (χ2n) is 7.87. The van der Waals surface area contributed by atoms with Crippen molar-refractivity contribution in [2.45, 2.75) is 53.0 Å². The van der Waals surface area contributed by atoms with Crippen LogP contribution in [0.1, 0.15) is 54.5 Å². The van der Waals surface area contributed by atoms with Crippen molar-refractivity contribution in [1.29, 1.82) is 0 Å². The summed E-state index contributed by atoms with van der Waals surface area (Å²) in [7, 11) is 0. The molecule has 2 heterocycles. The van der Waals surface area contributed by atoms with E-state index in [-0.39, 0.29) is 11.3 Å². The quantitative estimate of drug-likeness (QED) is 0.777. The molecule has 0 unspecified atom stereocenters. The summed E-state index contributed by atoms with van der Waals surface area (Å²) in [6.07, 6.45) is 2.23. The number of hydrogen-bond donors (Lipinski definition) is 0. The van der Waals surface area contributed by atoms with Gasteiger partial charge < -0.3 is 9.47 Å². The first-order chi connectivity index (χ1) is 11.3. The van der Waals surface area contributed by atoms with Crippen LogP contribution in [0.15, 0.2) is 30.3 Å². The molecule has 2 aromatic rings. The van der Waals surface area contributed by atoms with E-state index in [1.165, 1.54) is 11.3 Å². The smallest absolute Gasteiger partial charge is 0.183 e. The maximum atomic E-state index is 13.0. The summed E-state index contributed by atoms with van der Waals surface area (Å²) in [4.78, 5) is 15.2. The highest BCUT2D eigenvalue weighted by molar-refractivity contribution is 6.00. The number of ketones is 1. The molecule has 0 saturated carbocycles. The number of fused-ring (bicyclic) bond motifs is 1. The highest BCUT2D eigenvalue weighted by Crippen LogP contribution is 2.28. The van der Waals surface area contributed by atoms with E-state index in [9.17, 15) is 4.79 Å². The number of aromatic nitrogens is 1. The molecule has 1 aromatic carbocycles. The van der Waals surface area contributed by atoms with Crippen LogP contribution < -0.4 is 4.90 Å². The number of carbonyl (C=O) groups excluding carboxylic acids is 1. The van der Waals surface area contributed by atoms with Crippen molar-refractivity contribution in [2.75, 3.05) is 18.0 Å². The molecule has 0 saturated heterocycles. The van der Waals surface area contributed by atoms with Gasteiger partial charge in [-0.25, -0.2) is 0 Å². The molecule has 3 rings (SSSR count). The Morgan fingerprint density at radius 3 is 2.54 bits per heavy atom. The van der Waals surface area contributed by atoms with Gasteiger partial charge in [0.05, 0.1) is 6.54 Å². The van der Waals surface area contributed by atoms with E-state index in [1.54, 1.807) is 0 Å². The molecule has 128 valence electrons. The third-order valence-electron chi connectivity index (χ3n) is 4.94. The van der Waals surface area contributed by atoms with E-state index in [4.69, 9.17) is 0 Å². The Hall–Kier alpha value is -2.03. The van der Waals surface area contributed by atoms with Gasteiger partial charge in [-0.3, -0.25) is 4.79 Å². The normalized spacial score (nSPS) is 14.6. The molecule has 0 amide bonds. The number of hydrogen-bond acceptors (Lipinski definition) is 2. The van der Waals surface area contributed by atoms with Crippen LogP contribution in [0.4, 0.5) is 5.69 Å². The standard InChI is InChI=1S/C21H28N2O/c1-15-13-18(16(2)23(15)21(3,4)5)20(24)14-22-12-8-10-17-9-6-7-11-19(17)22/h6-7,9,11,13H,8,10,12,14H2,1-5H3. The number of Topliss-reactive ketones (excluding diaryl/α,β-unsaturated/α-hetero) is 1. The van der Waals surface area contributed by atoms with E-state index in [0.717, 1.165) is 36.3 Å². The number of carbonyl (C=O) groups is 1. The lowest BCUT2D eigenvalue weighted by molar-refractivity contribution is 0.0998. The summed E-state index contributed by atoms with van der Waals surface area (Å²) in [6, 6.07) is 10.5. The SMILES string of the molecule is Cc1cc(C(=O)CN2CCCc3ccccc32)c(C)n1C(C)(C)C. The Morgan fingerprint density at radius 1 is 1.17 bits per heavy atom. The molecule has 1 aromatic heterocycles. The zero-order valence-electron chi connectivity index (χ0n) is 15.5. The molecule has 3 nitrogen and oxygen atoms in total. The predicted octanol–water partition coefficient (Wildman–Crippen LogP) is 4.50. The van der Waals surface area contributed by atoms with E-state index in [2.05, 4.69) is 74.4 Å². The molecule has 3 heteroatoms. The third-order valence-corrected chi connectivity index (χ3v) is 4.94. The lowest BCUT2D eigenvalue weighted by Gasteiger charge is -2.30. The van der Waals surface area contributed by atoms with Gasteiger partial charge in [0.1, 0.15) is 0 Å². The second-order valence-corrected chi connectivity index (χ2v) is 7.87. The zero-order valence-corrected chi connectivity index (χ0v) is 15.5. The van der Waals surface area contributed by atoms with Crippen LogP contribution in [0.5, 0.6) is 0 Å². The van der Waals surface area contributed by atoms with E-state index in [1.807, 2.05) is 0 Å². The molecule has 0 spiro atoms. The minimum Gasteiger partial charge on any atom is -0.364 e. The molecular formula is C21H28N2O. The van der Waals surface area contributed by atoms with E-state index >= 15 is 0 Å². The summed E-state index contributed by atoms with van der Waals surface area (Å²) in [5.74, 6) is 0.218.